The average molecular weight is 225 g/mol. The zero-order valence-corrected chi connectivity index (χ0v) is 11.1. The van der Waals surface area contributed by atoms with Crippen LogP contribution in [0.3, 0.4) is 0 Å². The van der Waals surface area contributed by atoms with Gasteiger partial charge in [0.05, 0.1) is 0 Å². The summed E-state index contributed by atoms with van der Waals surface area (Å²) in [6, 6.07) is 0.734. The highest BCUT2D eigenvalue weighted by Crippen LogP contribution is 2.16. The largest absolute Gasteiger partial charge is 0.381 e. The van der Waals surface area contributed by atoms with Crippen LogP contribution in [0.4, 0.5) is 0 Å². The molecule has 0 radical (unpaired) electrons. The lowest BCUT2D eigenvalue weighted by atomic mass is 10.1. The van der Waals surface area contributed by atoms with Gasteiger partial charge in [-0.05, 0) is 25.2 Å². The molecule has 94 valence electrons. The molecule has 0 aromatic rings. The molecule has 0 N–H and O–H groups in total. The lowest BCUT2D eigenvalue weighted by Gasteiger charge is -2.34. The van der Waals surface area contributed by atoms with E-state index in [2.05, 4.69) is 37.8 Å². The highest BCUT2D eigenvalue weighted by atomic mass is 16.5. The Balaban J connectivity index is 2.44. The molecule has 0 bridgehead atoms. The van der Waals surface area contributed by atoms with Crippen molar-refractivity contribution in [2.75, 3.05) is 26.3 Å². The van der Waals surface area contributed by atoms with Gasteiger partial charge in [0.2, 0.25) is 0 Å². The summed E-state index contributed by atoms with van der Waals surface area (Å²) in [6.07, 6.45) is 8.13. The van der Waals surface area contributed by atoms with Gasteiger partial charge in [-0.2, -0.15) is 0 Å². The van der Waals surface area contributed by atoms with Crippen LogP contribution in [0.25, 0.3) is 0 Å². The third-order valence-electron chi connectivity index (χ3n) is 3.05. The van der Waals surface area contributed by atoms with Gasteiger partial charge in [0.15, 0.2) is 0 Å². The van der Waals surface area contributed by atoms with E-state index in [1.165, 1.54) is 19.4 Å². The molecule has 16 heavy (non-hydrogen) atoms. The molecular weight excluding hydrogens is 198 g/mol. The molecule has 1 aliphatic rings. The van der Waals surface area contributed by atoms with Crippen LogP contribution in [-0.2, 0) is 4.74 Å². The summed E-state index contributed by atoms with van der Waals surface area (Å²) in [5, 5.41) is 0. The second-order valence-electron chi connectivity index (χ2n) is 5.07. The van der Waals surface area contributed by atoms with Crippen molar-refractivity contribution >= 4 is 0 Å². The molecule has 2 nitrogen and oxygen atoms in total. The fraction of sp³-hybridized carbons (Fsp3) is 0.857. The number of hydrogen-bond acceptors (Lipinski definition) is 2. The van der Waals surface area contributed by atoms with E-state index in [1.54, 1.807) is 0 Å². The first-order valence-electron chi connectivity index (χ1n) is 6.70. The quantitative estimate of drug-likeness (QED) is 0.644. The first-order chi connectivity index (χ1) is 7.74. The molecule has 0 aromatic carbocycles. The normalized spacial score (nSPS) is 19.1. The van der Waals surface area contributed by atoms with Gasteiger partial charge in [-0.3, -0.25) is 4.90 Å². The van der Waals surface area contributed by atoms with E-state index in [4.69, 9.17) is 4.74 Å². The average Bonchev–Trinajstić information content (AvgIpc) is 2.29. The summed E-state index contributed by atoms with van der Waals surface area (Å²) < 4.78 is 5.44. The minimum atomic E-state index is 0.734. The molecule has 0 aliphatic carbocycles. The van der Waals surface area contributed by atoms with E-state index < -0.39 is 0 Å². The molecule has 0 amide bonds. The predicted octanol–water partition coefficient (Wildman–Crippen LogP) is 3.09. The van der Waals surface area contributed by atoms with Gasteiger partial charge in [0.25, 0.3) is 0 Å². The standard InChI is InChI=1S/C14H27NO/c1-4-5-6-9-15(12-13(2)3)14-7-10-16-11-8-14/h5-6,13-14H,4,7-12H2,1-3H3/b6-5-. The van der Waals surface area contributed by atoms with Crippen LogP contribution in [-0.4, -0.2) is 37.2 Å². The maximum absolute atomic E-state index is 5.44. The van der Waals surface area contributed by atoms with Crippen molar-refractivity contribution < 1.29 is 4.74 Å². The fourth-order valence-electron chi connectivity index (χ4n) is 2.27. The van der Waals surface area contributed by atoms with Crippen molar-refractivity contribution in [2.24, 2.45) is 5.92 Å². The smallest absolute Gasteiger partial charge is 0.0480 e. The zero-order valence-electron chi connectivity index (χ0n) is 11.1. The van der Waals surface area contributed by atoms with Gasteiger partial charge in [0.1, 0.15) is 0 Å². The van der Waals surface area contributed by atoms with Crippen molar-refractivity contribution in [3.63, 3.8) is 0 Å². The Labute approximate surface area is 101 Å². The van der Waals surface area contributed by atoms with Gasteiger partial charge in [-0.1, -0.05) is 32.9 Å². The SMILES string of the molecule is CC/C=C\CN(CC(C)C)C1CCOCC1. The molecule has 0 spiro atoms. The molecule has 0 aromatic heterocycles. The summed E-state index contributed by atoms with van der Waals surface area (Å²) in [7, 11) is 0. The highest BCUT2D eigenvalue weighted by molar-refractivity contribution is 4.87. The summed E-state index contributed by atoms with van der Waals surface area (Å²) in [5.74, 6) is 0.748. The summed E-state index contributed by atoms with van der Waals surface area (Å²) in [5.41, 5.74) is 0. The lowest BCUT2D eigenvalue weighted by molar-refractivity contribution is 0.0343. The Morgan fingerprint density at radius 3 is 2.50 bits per heavy atom. The molecule has 0 atom stereocenters. The van der Waals surface area contributed by atoms with E-state index in [9.17, 15) is 0 Å². The van der Waals surface area contributed by atoms with Gasteiger partial charge in [-0.15, -0.1) is 0 Å². The van der Waals surface area contributed by atoms with Crippen LogP contribution in [0, 0.1) is 5.92 Å². The van der Waals surface area contributed by atoms with E-state index in [-0.39, 0.29) is 0 Å². The summed E-state index contributed by atoms with van der Waals surface area (Å²) in [4.78, 5) is 2.62. The maximum atomic E-state index is 5.44. The Kier molecular flexibility index (Phi) is 6.74. The predicted molar refractivity (Wildman–Crippen MR) is 69.7 cm³/mol. The van der Waals surface area contributed by atoms with Crippen molar-refractivity contribution in [3.8, 4) is 0 Å². The van der Waals surface area contributed by atoms with Crippen LogP contribution in [0.1, 0.15) is 40.0 Å². The number of nitrogens with zero attached hydrogens (tertiary/aromatic N) is 1. The van der Waals surface area contributed by atoms with E-state index >= 15 is 0 Å². The van der Waals surface area contributed by atoms with Gasteiger partial charge >= 0.3 is 0 Å². The second-order valence-corrected chi connectivity index (χ2v) is 5.07. The van der Waals surface area contributed by atoms with Crippen LogP contribution in [0.2, 0.25) is 0 Å². The molecular formula is C14H27NO. The molecule has 1 saturated heterocycles. The molecule has 1 fully saturated rings. The summed E-state index contributed by atoms with van der Waals surface area (Å²) in [6.45, 7) is 11.0. The fourth-order valence-corrected chi connectivity index (χ4v) is 2.27. The van der Waals surface area contributed by atoms with Crippen molar-refractivity contribution in [2.45, 2.75) is 46.1 Å². The van der Waals surface area contributed by atoms with E-state index in [0.717, 1.165) is 38.1 Å². The van der Waals surface area contributed by atoms with Crippen LogP contribution in [0.5, 0.6) is 0 Å². The molecule has 2 heteroatoms. The first kappa shape index (κ1) is 13.7. The van der Waals surface area contributed by atoms with Crippen molar-refractivity contribution in [1.29, 1.82) is 0 Å². The number of ether oxygens (including phenoxy) is 1. The molecule has 1 aliphatic heterocycles. The number of hydrogen-bond donors (Lipinski definition) is 0. The second kappa shape index (κ2) is 7.86. The van der Waals surface area contributed by atoms with Gasteiger partial charge in [-0.25, -0.2) is 0 Å². The lowest BCUT2D eigenvalue weighted by Crippen LogP contribution is -2.41. The minimum Gasteiger partial charge on any atom is -0.381 e. The Hall–Kier alpha value is -0.340. The third-order valence-corrected chi connectivity index (χ3v) is 3.05. The molecule has 1 rings (SSSR count). The van der Waals surface area contributed by atoms with Gasteiger partial charge < -0.3 is 4.74 Å². The number of rotatable bonds is 6. The van der Waals surface area contributed by atoms with Gasteiger partial charge in [0, 0.05) is 32.3 Å². The zero-order chi connectivity index (χ0) is 11.8. The number of allylic oxidation sites excluding steroid dienone is 1. The third kappa shape index (κ3) is 5.13. The van der Waals surface area contributed by atoms with E-state index in [0.29, 0.717) is 0 Å². The van der Waals surface area contributed by atoms with Crippen LogP contribution in [0.15, 0.2) is 12.2 Å². The molecule has 0 saturated carbocycles. The summed E-state index contributed by atoms with van der Waals surface area (Å²) >= 11 is 0. The van der Waals surface area contributed by atoms with Crippen LogP contribution < -0.4 is 0 Å². The Bertz CT molecular complexity index is 195. The van der Waals surface area contributed by atoms with E-state index in [1.807, 2.05) is 0 Å². The monoisotopic (exact) mass is 225 g/mol. The highest BCUT2D eigenvalue weighted by Gasteiger charge is 2.20. The van der Waals surface area contributed by atoms with Crippen LogP contribution >= 0.6 is 0 Å². The Morgan fingerprint density at radius 2 is 1.94 bits per heavy atom. The molecule has 0 unspecified atom stereocenters. The van der Waals surface area contributed by atoms with Crippen molar-refractivity contribution in [3.05, 3.63) is 12.2 Å². The first-order valence-corrected chi connectivity index (χ1v) is 6.70. The maximum Gasteiger partial charge on any atom is 0.0480 e. The minimum absolute atomic E-state index is 0.734. The molecule has 1 heterocycles. The topological polar surface area (TPSA) is 12.5 Å². The van der Waals surface area contributed by atoms with Crippen molar-refractivity contribution in [1.82, 2.24) is 4.90 Å². The Morgan fingerprint density at radius 1 is 1.25 bits per heavy atom.